The molecule has 2 rings (SSSR count). The van der Waals surface area contributed by atoms with E-state index in [1.165, 1.54) is 78.3 Å². The molecule has 0 bridgehead atoms. The van der Waals surface area contributed by atoms with E-state index in [9.17, 15) is 0 Å². The Morgan fingerprint density at radius 1 is 0.556 bits per heavy atom. The minimum atomic E-state index is 1.24. The van der Waals surface area contributed by atoms with Crippen LogP contribution in [0.5, 0.6) is 0 Å². The molecule has 0 unspecified atom stereocenters. The normalized spacial score (nSPS) is 27.0. The molecule has 2 heterocycles. The molecule has 0 radical (unpaired) electrons. The predicted octanol–water partition coefficient (Wildman–Crippen LogP) is 0.261. The van der Waals surface area contributed by atoms with Crippen LogP contribution in [0.15, 0.2) is 0 Å². The Morgan fingerprint density at radius 3 is 1.44 bits per heavy atom. The Morgan fingerprint density at radius 2 is 1.00 bits per heavy atom. The van der Waals surface area contributed by atoms with Crippen molar-refractivity contribution in [2.45, 2.75) is 12.8 Å². The molecule has 2 saturated heterocycles. The van der Waals surface area contributed by atoms with Crippen LogP contribution >= 0.6 is 0 Å². The van der Waals surface area contributed by atoms with Crippen molar-refractivity contribution in [1.82, 2.24) is 19.6 Å². The minimum Gasteiger partial charge on any atom is -0.305 e. The van der Waals surface area contributed by atoms with Crippen molar-refractivity contribution < 1.29 is 0 Å². The van der Waals surface area contributed by atoms with Crippen LogP contribution in [-0.2, 0) is 0 Å². The van der Waals surface area contributed by atoms with Gasteiger partial charge in [-0.3, -0.25) is 0 Å². The van der Waals surface area contributed by atoms with Crippen LogP contribution in [0.3, 0.4) is 0 Å². The first-order valence-corrected chi connectivity index (χ1v) is 7.56. The van der Waals surface area contributed by atoms with Gasteiger partial charge in [0.05, 0.1) is 0 Å². The van der Waals surface area contributed by atoms with Gasteiger partial charge in [-0.25, -0.2) is 0 Å². The van der Waals surface area contributed by atoms with Crippen LogP contribution in [0.4, 0.5) is 0 Å². The first-order chi connectivity index (χ1) is 8.74. The molecule has 0 atom stereocenters. The molecule has 0 saturated carbocycles. The zero-order valence-corrected chi connectivity index (χ0v) is 12.3. The summed E-state index contributed by atoms with van der Waals surface area (Å²) in [4.78, 5) is 10.2. The van der Waals surface area contributed by atoms with Gasteiger partial charge in [-0.2, -0.15) is 0 Å². The van der Waals surface area contributed by atoms with E-state index in [0.29, 0.717) is 0 Å². The Labute approximate surface area is 113 Å². The van der Waals surface area contributed by atoms with Gasteiger partial charge in [0.25, 0.3) is 0 Å². The summed E-state index contributed by atoms with van der Waals surface area (Å²) >= 11 is 0. The van der Waals surface area contributed by atoms with E-state index in [1.807, 2.05) is 0 Å². The maximum Gasteiger partial charge on any atom is 0.0110 e. The number of nitrogens with zero attached hydrogens (tertiary/aromatic N) is 4. The zero-order valence-electron chi connectivity index (χ0n) is 12.3. The van der Waals surface area contributed by atoms with E-state index in [-0.39, 0.29) is 0 Å². The molecular formula is C14H30N4. The highest BCUT2D eigenvalue weighted by Gasteiger charge is 2.15. The second-order valence-electron chi connectivity index (χ2n) is 6.00. The minimum absolute atomic E-state index is 1.24. The molecule has 0 spiro atoms. The topological polar surface area (TPSA) is 13.0 Å². The molecule has 18 heavy (non-hydrogen) atoms. The molecule has 0 amide bonds. The lowest BCUT2D eigenvalue weighted by Gasteiger charge is -2.25. The third-order valence-corrected chi connectivity index (χ3v) is 4.36. The van der Waals surface area contributed by atoms with E-state index < -0.39 is 0 Å². The van der Waals surface area contributed by atoms with E-state index in [1.54, 1.807) is 0 Å². The molecule has 4 nitrogen and oxygen atoms in total. The fourth-order valence-electron chi connectivity index (χ4n) is 2.93. The first-order valence-electron chi connectivity index (χ1n) is 7.56. The van der Waals surface area contributed by atoms with Gasteiger partial charge in [0.2, 0.25) is 0 Å². The van der Waals surface area contributed by atoms with Crippen molar-refractivity contribution in [2.24, 2.45) is 0 Å². The summed E-state index contributed by atoms with van der Waals surface area (Å²) in [5, 5.41) is 0. The fourth-order valence-corrected chi connectivity index (χ4v) is 2.93. The third kappa shape index (κ3) is 4.84. The lowest BCUT2D eigenvalue weighted by atomic mass is 10.3. The van der Waals surface area contributed by atoms with Gasteiger partial charge in [-0.1, -0.05) is 0 Å². The van der Waals surface area contributed by atoms with Crippen LogP contribution in [0.2, 0.25) is 0 Å². The predicted molar refractivity (Wildman–Crippen MR) is 77.1 cm³/mol. The van der Waals surface area contributed by atoms with E-state index >= 15 is 0 Å². The zero-order chi connectivity index (χ0) is 12.8. The first kappa shape index (κ1) is 14.3. The third-order valence-electron chi connectivity index (χ3n) is 4.36. The van der Waals surface area contributed by atoms with Crippen molar-refractivity contribution in [3.05, 3.63) is 0 Å². The van der Waals surface area contributed by atoms with Crippen molar-refractivity contribution >= 4 is 0 Å². The molecule has 0 aromatic heterocycles. The number of rotatable bonds is 3. The van der Waals surface area contributed by atoms with E-state index in [4.69, 9.17) is 0 Å². The van der Waals surface area contributed by atoms with Crippen molar-refractivity contribution in [1.29, 1.82) is 0 Å². The van der Waals surface area contributed by atoms with E-state index in [2.05, 4.69) is 33.7 Å². The standard InChI is InChI=1S/C14H30N4/c1-15-5-3-7-17(11-9-15)13-14-18-8-4-6-16(2)10-12-18/h3-14H2,1-2H3. The molecule has 0 aromatic rings. The van der Waals surface area contributed by atoms with Crippen LogP contribution < -0.4 is 0 Å². The summed E-state index contributed by atoms with van der Waals surface area (Å²) in [6.07, 6.45) is 2.67. The SMILES string of the molecule is CN1CCCN(CCN2CCCN(C)CC2)CC1. The molecule has 2 fully saturated rings. The lowest BCUT2D eigenvalue weighted by molar-refractivity contribution is 0.209. The average molecular weight is 254 g/mol. The summed E-state index contributed by atoms with van der Waals surface area (Å²) in [6, 6.07) is 0. The van der Waals surface area contributed by atoms with Crippen molar-refractivity contribution in [2.75, 3.05) is 79.5 Å². The second-order valence-corrected chi connectivity index (χ2v) is 6.00. The average Bonchev–Trinajstić information content (AvgIpc) is 2.68. The quantitative estimate of drug-likeness (QED) is 0.716. The van der Waals surface area contributed by atoms with E-state index in [0.717, 1.165) is 0 Å². The highest BCUT2D eigenvalue weighted by atomic mass is 15.2. The van der Waals surface area contributed by atoms with Gasteiger partial charge in [0, 0.05) is 39.3 Å². The maximum absolute atomic E-state index is 2.65. The van der Waals surface area contributed by atoms with Gasteiger partial charge in [0.15, 0.2) is 0 Å². The smallest absolute Gasteiger partial charge is 0.0110 e. The summed E-state index contributed by atoms with van der Waals surface area (Å²) in [7, 11) is 4.49. The molecule has 2 aliphatic rings. The number of likely N-dealkylation sites (N-methyl/N-ethyl adjacent to an activating group) is 2. The maximum atomic E-state index is 2.65. The van der Waals surface area contributed by atoms with Gasteiger partial charge >= 0.3 is 0 Å². The van der Waals surface area contributed by atoms with Crippen molar-refractivity contribution in [3.63, 3.8) is 0 Å². The Hall–Kier alpha value is -0.160. The van der Waals surface area contributed by atoms with Gasteiger partial charge in [-0.05, 0) is 53.1 Å². The summed E-state index contributed by atoms with van der Waals surface area (Å²) in [5.74, 6) is 0. The Bertz CT molecular complexity index is 210. The number of hydrogen-bond acceptors (Lipinski definition) is 4. The summed E-state index contributed by atoms with van der Waals surface area (Å²) < 4.78 is 0. The van der Waals surface area contributed by atoms with Crippen LogP contribution in [0.1, 0.15) is 12.8 Å². The lowest BCUT2D eigenvalue weighted by Crippen LogP contribution is -2.38. The molecular weight excluding hydrogens is 224 g/mol. The molecule has 0 aliphatic carbocycles. The van der Waals surface area contributed by atoms with Gasteiger partial charge < -0.3 is 19.6 Å². The fraction of sp³-hybridized carbons (Fsp3) is 1.00. The highest BCUT2D eigenvalue weighted by Crippen LogP contribution is 2.04. The van der Waals surface area contributed by atoms with Gasteiger partial charge in [0.1, 0.15) is 0 Å². The largest absolute Gasteiger partial charge is 0.305 e. The summed E-state index contributed by atoms with van der Waals surface area (Å²) in [6.45, 7) is 12.6. The van der Waals surface area contributed by atoms with Crippen LogP contribution in [0.25, 0.3) is 0 Å². The molecule has 0 aromatic carbocycles. The summed E-state index contributed by atoms with van der Waals surface area (Å²) in [5.41, 5.74) is 0. The molecule has 0 N–H and O–H groups in total. The number of hydrogen-bond donors (Lipinski definition) is 0. The second kappa shape index (κ2) is 7.43. The Balaban J connectivity index is 1.67. The van der Waals surface area contributed by atoms with Crippen LogP contribution in [0, 0.1) is 0 Å². The Kier molecular flexibility index (Phi) is 5.89. The molecule has 4 heteroatoms. The monoisotopic (exact) mass is 254 g/mol. The van der Waals surface area contributed by atoms with Crippen LogP contribution in [-0.4, -0.2) is 99.1 Å². The highest BCUT2D eigenvalue weighted by molar-refractivity contribution is 4.71. The molecule has 2 aliphatic heterocycles. The molecule has 106 valence electrons. The van der Waals surface area contributed by atoms with Gasteiger partial charge in [-0.15, -0.1) is 0 Å². The van der Waals surface area contributed by atoms with Crippen molar-refractivity contribution in [3.8, 4) is 0 Å².